The summed E-state index contributed by atoms with van der Waals surface area (Å²) in [5, 5.41) is 13.3. The van der Waals surface area contributed by atoms with Crippen molar-refractivity contribution in [3.8, 4) is 17.0 Å². The monoisotopic (exact) mass is 426 g/mol. The third-order valence-electron chi connectivity index (χ3n) is 5.35. The maximum atomic E-state index is 12.6. The summed E-state index contributed by atoms with van der Waals surface area (Å²) in [6, 6.07) is 21.7. The van der Waals surface area contributed by atoms with Crippen molar-refractivity contribution in [2.45, 2.75) is 26.2 Å². The molecule has 0 fully saturated rings. The minimum absolute atomic E-state index is 0.0922. The first-order valence-corrected chi connectivity index (χ1v) is 10.4. The van der Waals surface area contributed by atoms with Crippen LogP contribution in [0.15, 0.2) is 71.8 Å². The van der Waals surface area contributed by atoms with Gasteiger partial charge in [0.05, 0.1) is 24.6 Å². The number of aromatic amines is 1. The van der Waals surface area contributed by atoms with E-state index in [0.29, 0.717) is 17.1 Å². The molecule has 32 heavy (non-hydrogen) atoms. The Kier molecular flexibility index (Phi) is 5.77. The van der Waals surface area contributed by atoms with E-state index in [1.54, 1.807) is 19.4 Å². The fourth-order valence-corrected chi connectivity index (χ4v) is 3.55. The molecule has 1 aromatic heterocycles. The number of carbonyl (C=O) groups excluding carboxylic acids is 1. The predicted octanol–water partition coefficient (Wildman–Crippen LogP) is 5.30. The standard InChI is InChI=1S/C26H26N4O2/c1-26(2,3)19-12-9-17(10-13-19)16-27-30-25(31)22-15-21(28-29-22)24-20-8-6-5-7-18(20)11-14-23(24)32-4/h5-16H,1-4H3,(H,28,29)(H,30,31)/b27-16+. The predicted molar refractivity (Wildman–Crippen MR) is 128 cm³/mol. The number of amides is 1. The zero-order valence-electron chi connectivity index (χ0n) is 18.6. The van der Waals surface area contributed by atoms with Gasteiger partial charge in [0.2, 0.25) is 0 Å². The second-order valence-corrected chi connectivity index (χ2v) is 8.60. The molecule has 0 atom stereocenters. The average Bonchev–Trinajstić information content (AvgIpc) is 3.28. The number of nitrogens with zero attached hydrogens (tertiary/aromatic N) is 2. The molecule has 0 radical (unpaired) electrons. The summed E-state index contributed by atoms with van der Waals surface area (Å²) >= 11 is 0. The van der Waals surface area contributed by atoms with E-state index in [0.717, 1.165) is 21.9 Å². The molecule has 6 heteroatoms. The highest BCUT2D eigenvalue weighted by Crippen LogP contribution is 2.36. The first-order valence-electron chi connectivity index (χ1n) is 10.4. The summed E-state index contributed by atoms with van der Waals surface area (Å²) in [7, 11) is 1.62. The molecule has 6 nitrogen and oxygen atoms in total. The van der Waals surface area contributed by atoms with Crippen molar-refractivity contribution in [2.24, 2.45) is 5.10 Å². The maximum Gasteiger partial charge on any atom is 0.289 e. The van der Waals surface area contributed by atoms with Gasteiger partial charge in [-0.05, 0) is 39.4 Å². The zero-order chi connectivity index (χ0) is 22.7. The van der Waals surface area contributed by atoms with E-state index in [1.165, 1.54) is 5.56 Å². The van der Waals surface area contributed by atoms with E-state index in [4.69, 9.17) is 4.74 Å². The lowest BCUT2D eigenvalue weighted by Gasteiger charge is -2.18. The van der Waals surface area contributed by atoms with Crippen molar-refractivity contribution < 1.29 is 9.53 Å². The normalized spacial score (nSPS) is 11.8. The fraction of sp³-hybridized carbons (Fsp3) is 0.192. The van der Waals surface area contributed by atoms with Gasteiger partial charge in [0.15, 0.2) is 0 Å². The van der Waals surface area contributed by atoms with Gasteiger partial charge in [0.25, 0.3) is 5.91 Å². The number of fused-ring (bicyclic) bond motifs is 1. The number of benzene rings is 3. The van der Waals surface area contributed by atoms with E-state index in [-0.39, 0.29) is 11.3 Å². The Hall–Kier alpha value is -3.93. The molecule has 0 spiro atoms. The molecule has 4 aromatic rings. The molecule has 0 bridgehead atoms. The summed E-state index contributed by atoms with van der Waals surface area (Å²) < 4.78 is 5.54. The Labute approximate surface area is 187 Å². The van der Waals surface area contributed by atoms with Crippen molar-refractivity contribution in [3.05, 3.63) is 83.6 Å². The van der Waals surface area contributed by atoms with Crippen molar-refractivity contribution in [3.63, 3.8) is 0 Å². The van der Waals surface area contributed by atoms with Crippen molar-refractivity contribution in [2.75, 3.05) is 7.11 Å². The Balaban J connectivity index is 1.51. The van der Waals surface area contributed by atoms with E-state index in [2.05, 4.69) is 53.6 Å². The minimum atomic E-state index is -0.370. The van der Waals surface area contributed by atoms with Crippen LogP contribution in [0.1, 0.15) is 42.4 Å². The molecule has 0 unspecified atom stereocenters. The van der Waals surface area contributed by atoms with Crippen LogP contribution in [0, 0.1) is 0 Å². The topological polar surface area (TPSA) is 79.4 Å². The molecule has 1 heterocycles. The van der Waals surface area contributed by atoms with Crippen LogP contribution < -0.4 is 10.2 Å². The number of hydrazone groups is 1. The first kappa shape index (κ1) is 21.3. The maximum absolute atomic E-state index is 12.6. The molecule has 0 aliphatic heterocycles. The summed E-state index contributed by atoms with van der Waals surface area (Å²) in [6.07, 6.45) is 1.62. The lowest BCUT2D eigenvalue weighted by Crippen LogP contribution is -2.18. The van der Waals surface area contributed by atoms with Gasteiger partial charge in [0.1, 0.15) is 11.4 Å². The van der Waals surface area contributed by atoms with E-state index in [9.17, 15) is 4.79 Å². The van der Waals surface area contributed by atoms with Crippen molar-refractivity contribution in [1.82, 2.24) is 15.6 Å². The second-order valence-electron chi connectivity index (χ2n) is 8.60. The second kappa shape index (κ2) is 8.67. The van der Waals surface area contributed by atoms with Gasteiger partial charge in [-0.25, -0.2) is 5.43 Å². The summed E-state index contributed by atoms with van der Waals surface area (Å²) in [5.74, 6) is 0.324. The van der Waals surface area contributed by atoms with Gasteiger partial charge < -0.3 is 4.74 Å². The van der Waals surface area contributed by atoms with Crippen LogP contribution in [0.3, 0.4) is 0 Å². The number of hydrogen-bond acceptors (Lipinski definition) is 4. The van der Waals surface area contributed by atoms with Crippen LogP contribution in [0.5, 0.6) is 5.75 Å². The first-order chi connectivity index (χ1) is 15.4. The molecule has 0 saturated carbocycles. The van der Waals surface area contributed by atoms with Crippen LogP contribution in [0.4, 0.5) is 0 Å². The Bertz CT molecular complexity index is 1280. The van der Waals surface area contributed by atoms with E-state index >= 15 is 0 Å². The smallest absolute Gasteiger partial charge is 0.289 e. The van der Waals surface area contributed by atoms with Gasteiger partial charge in [-0.15, -0.1) is 0 Å². The van der Waals surface area contributed by atoms with Crippen LogP contribution >= 0.6 is 0 Å². The minimum Gasteiger partial charge on any atom is -0.496 e. The van der Waals surface area contributed by atoms with Crippen LogP contribution in [0.25, 0.3) is 22.0 Å². The summed E-state index contributed by atoms with van der Waals surface area (Å²) in [4.78, 5) is 12.6. The number of nitrogens with one attached hydrogen (secondary N) is 2. The molecule has 2 N–H and O–H groups in total. The Morgan fingerprint density at radius 3 is 2.53 bits per heavy atom. The number of rotatable bonds is 5. The van der Waals surface area contributed by atoms with Crippen LogP contribution in [0.2, 0.25) is 0 Å². The number of ether oxygens (including phenoxy) is 1. The number of aromatic nitrogens is 2. The molecular weight excluding hydrogens is 400 g/mol. The Morgan fingerprint density at radius 1 is 1.06 bits per heavy atom. The highest BCUT2D eigenvalue weighted by molar-refractivity contribution is 6.00. The third-order valence-corrected chi connectivity index (χ3v) is 5.35. The Morgan fingerprint density at radius 2 is 1.81 bits per heavy atom. The highest BCUT2D eigenvalue weighted by Gasteiger charge is 2.16. The van der Waals surface area contributed by atoms with Crippen molar-refractivity contribution >= 4 is 22.9 Å². The molecule has 3 aromatic carbocycles. The molecule has 1 amide bonds. The average molecular weight is 427 g/mol. The summed E-state index contributed by atoms with van der Waals surface area (Å²) in [6.45, 7) is 6.51. The third kappa shape index (κ3) is 4.39. The van der Waals surface area contributed by atoms with Gasteiger partial charge in [0, 0.05) is 0 Å². The van der Waals surface area contributed by atoms with E-state index in [1.807, 2.05) is 48.5 Å². The molecule has 4 rings (SSSR count). The molecule has 162 valence electrons. The van der Waals surface area contributed by atoms with E-state index < -0.39 is 0 Å². The van der Waals surface area contributed by atoms with Gasteiger partial charge >= 0.3 is 0 Å². The highest BCUT2D eigenvalue weighted by atomic mass is 16.5. The number of methoxy groups -OCH3 is 1. The lowest BCUT2D eigenvalue weighted by molar-refractivity contribution is 0.0950. The molecule has 0 aliphatic rings. The largest absolute Gasteiger partial charge is 0.496 e. The van der Waals surface area contributed by atoms with Gasteiger partial charge in [-0.3, -0.25) is 9.89 Å². The molecule has 0 aliphatic carbocycles. The SMILES string of the molecule is COc1ccc2ccccc2c1-c1cc(C(=O)N/N=C/c2ccc(C(C)(C)C)cc2)[nH]n1. The zero-order valence-corrected chi connectivity index (χ0v) is 18.6. The quantitative estimate of drug-likeness (QED) is 0.336. The fourth-order valence-electron chi connectivity index (χ4n) is 3.55. The number of H-pyrrole nitrogens is 1. The van der Waals surface area contributed by atoms with Gasteiger partial charge in [-0.2, -0.15) is 10.2 Å². The van der Waals surface area contributed by atoms with Crippen LogP contribution in [-0.4, -0.2) is 29.4 Å². The molecule has 0 saturated heterocycles. The van der Waals surface area contributed by atoms with Gasteiger partial charge in [-0.1, -0.05) is 75.4 Å². The number of carbonyl (C=O) groups is 1. The van der Waals surface area contributed by atoms with Crippen molar-refractivity contribution in [1.29, 1.82) is 0 Å². The molecular formula is C26H26N4O2. The lowest BCUT2D eigenvalue weighted by atomic mass is 9.87. The van der Waals surface area contributed by atoms with Crippen LogP contribution in [-0.2, 0) is 5.41 Å². The summed E-state index contributed by atoms with van der Waals surface area (Å²) in [5.41, 5.74) is 6.57. The number of hydrogen-bond donors (Lipinski definition) is 2.